The zero-order chi connectivity index (χ0) is 12.1. The molecular weight excluding hydrogens is 211 g/mol. The molecule has 1 aromatic rings. The summed E-state index contributed by atoms with van der Waals surface area (Å²) >= 11 is 0. The van der Waals surface area contributed by atoms with Crippen LogP contribution in [0.2, 0.25) is 0 Å². The lowest BCUT2D eigenvalue weighted by Crippen LogP contribution is -2.05. The van der Waals surface area contributed by atoms with Gasteiger partial charge in [0.25, 0.3) is 0 Å². The fourth-order valence-electron chi connectivity index (χ4n) is 1.13. The van der Waals surface area contributed by atoms with Gasteiger partial charge in [-0.1, -0.05) is 5.57 Å². The van der Waals surface area contributed by atoms with Crippen molar-refractivity contribution in [1.29, 1.82) is 0 Å². The summed E-state index contributed by atoms with van der Waals surface area (Å²) in [5.41, 5.74) is 0.886. The first-order valence-corrected chi connectivity index (χ1v) is 4.80. The molecule has 4 heteroatoms. The van der Waals surface area contributed by atoms with Crippen LogP contribution in [0.5, 0.6) is 5.75 Å². The van der Waals surface area contributed by atoms with Crippen LogP contribution in [-0.2, 0) is 0 Å². The van der Waals surface area contributed by atoms with Gasteiger partial charge in [0.2, 0.25) is 0 Å². The van der Waals surface area contributed by atoms with Gasteiger partial charge in [0, 0.05) is 12.5 Å². The van der Waals surface area contributed by atoms with Gasteiger partial charge in [-0.2, -0.15) is 0 Å². The quantitative estimate of drug-likeness (QED) is 0.782. The van der Waals surface area contributed by atoms with Crippen molar-refractivity contribution in [2.45, 2.75) is 13.3 Å². The van der Waals surface area contributed by atoms with Gasteiger partial charge < -0.3 is 9.84 Å². The molecule has 3 nitrogen and oxygen atoms in total. The third-order valence-corrected chi connectivity index (χ3v) is 1.96. The monoisotopic (exact) mass is 224 g/mol. The lowest BCUT2D eigenvalue weighted by molar-refractivity contribution is 0.0692. The number of carboxylic acids is 1. The molecule has 86 valence electrons. The van der Waals surface area contributed by atoms with Crippen molar-refractivity contribution >= 4 is 5.97 Å². The first-order valence-electron chi connectivity index (χ1n) is 4.80. The first kappa shape index (κ1) is 12.2. The van der Waals surface area contributed by atoms with Crippen molar-refractivity contribution in [3.8, 4) is 5.75 Å². The van der Waals surface area contributed by atoms with Crippen molar-refractivity contribution in [3.63, 3.8) is 0 Å². The van der Waals surface area contributed by atoms with E-state index in [9.17, 15) is 9.18 Å². The second kappa shape index (κ2) is 5.30. The highest BCUT2D eigenvalue weighted by atomic mass is 19.1. The van der Waals surface area contributed by atoms with E-state index >= 15 is 0 Å². The van der Waals surface area contributed by atoms with Crippen molar-refractivity contribution in [2.75, 3.05) is 6.61 Å². The lowest BCUT2D eigenvalue weighted by Gasteiger charge is -2.08. The van der Waals surface area contributed by atoms with Crippen LogP contribution in [-0.4, -0.2) is 17.7 Å². The van der Waals surface area contributed by atoms with E-state index in [4.69, 9.17) is 9.84 Å². The highest BCUT2D eigenvalue weighted by molar-refractivity contribution is 5.90. The molecule has 0 bridgehead atoms. The summed E-state index contributed by atoms with van der Waals surface area (Å²) in [4.78, 5) is 10.8. The highest BCUT2D eigenvalue weighted by Crippen LogP contribution is 2.20. The molecule has 0 saturated heterocycles. The largest absolute Gasteiger partial charge is 0.492 e. The highest BCUT2D eigenvalue weighted by Gasteiger charge is 2.11. The van der Waals surface area contributed by atoms with E-state index in [0.717, 1.165) is 17.7 Å². The number of rotatable bonds is 5. The Balaban J connectivity index is 2.80. The minimum absolute atomic E-state index is 0.0388. The van der Waals surface area contributed by atoms with Gasteiger partial charge in [-0.25, -0.2) is 9.18 Å². The Morgan fingerprint density at radius 2 is 2.25 bits per heavy atom. The van der Waals surface area contributed by atoms with Crippen LogP contribution >= 0.6 is 0 Å². The lowest BCUT2D eigenvalue weighted by atomic mass is 10.2. The number of carbonyl (C=O) groups is 1. The minimum atomic E-state index is -1.13. The van der Waals surface area contributed by atoms with Crippen LogP contribution in [0.4, 0.5) is 4.39 Å². The van der Waals surface area contributed by atoms with E-state index in [1.165, 1.54) is 6.07 Å². The van der Waals surface area contributed by atoms with Crippen LogP contribution in [0.25, 0.3) is 0 Å². The summed E-state index contributed by atoms with van der Waals surface area (Å²) in [5.74, 6) is -1.60. The van der Waals surface area contributed by atoms with E-state index in [2.05, 4.69) is 6.58 Å². The molecule has 0 aromatic heterocycles. The summed E-state index contributed by atoms with van der Waals surface area (Å²) < 4.78 is 18.1. The predicted octanol–water partition coefficient (Wildman–Crippen LogP) is 2.87. The molecule has 0 aliphatic heterocycles. The Morgan fingerprint density at radius 3 is 2.81 bits per heavy atom. The summed E-state index contributed by atoms with van der Waals surface area (Å²) in [7, 11) is 0. The van der Waals surface area contributed by atoms with Gasteiger partial charge in [-0.05, 0) is 19.1 Å². The Morgan fingerprint density at radius 1 is 1.56 bits per heavy atom. The first-order chi connectivity index (χ1) is 7.50. The third-order valence-electron chi connectivity index (χ3n) is 1.96. The van der Waals surface area contributed by atoms with Gasteiger partial charge in [0.05, 0.1) is 6.61 Å². The molecule has 16 heavy (non-hydrogen) atoms. The van der Waals surface area contributed by atoms with Gasteiger partial charge in [-0.15, -0.1) is 6.58 Å². The number of aromatic carboxylic acids is 1. The van der Waals surface area contributed by atoms with E-state index in [1.54, 1.807) is 0 Å². The topological polar surface area (TPSA) is 46.5 Å². The zero-order valence-electron chi connectivity index (χ0n) is 9.00. The average Bonchev–Trinajstić information content (AvgIpc) is 2.16. The Hall–Kier alpha value is -1.84. The molecule has 1 aromatic carbocycles. The van der Waals surface area contributed by atoms with E-state index in [-0.39, 0.29) is 11.3 Å². The summed E-state index contributed by atoms with van der Waals surface area (Å²) in [6, 6.07) is 3.35. The maximum atomic E-state index is 12.9. The molecule has 0 atom stereocenters. The molecule has 0 unspecified atom stereocenters. The van der Waals surface area contributed by atoms with Crippen LogP contribution < -0.4 is 4.74 Å². The number of halogens is 1. The number of carboxylic acid groups (broad SMARTS) is 1. The molecule has 0 amide bonds. The van der Waals surface area contributed by atoms with Crippen molar-refractivity contribution in [1.82, 2.24) is 0 Å². The second-order valence-corrected chi connectivity index (χ2v) is 3.50. The average molecular weight is 224 g/mol. The molecule has 1 N–H and O–H groups in total. The molecule has 0 heterocycles. The van der Waals surface area contributed by atoms with Crippen LogP contribution in [0.15, 0.2) is 30.4 Å². The fourth-order valence-corrected chi connectivity index (χ4v) is 1.13. The number of ether oxygens (including phenoxy) is 1. The van der Waals surface area contributed by atoms with Crippen LogP contribution in [0.3, 0.4) is 0 Å². The molecular formula is C12H13FO3. The van der Waals surface area contributed by atoms with Crippen molar-refractivity contribution < 1.29 is 19.0 Å². The zero-order valence-corrected chi connectivity index (χ0v) is 9.00. The molecule has 0 fully saturated rings. The van der Waals surface area contributed by atoms with Gasteiger partial charge in [0.15, 0.2) is 0 Å². The summed E-state index contributed by atoms with van der Waals surface area (Å²) in [6.45, 7) is 5.82. The molecule has 0 spiro atoms. The predicted molar refractivity (Wildman–Crippen MR) is 58.3 cm³/mol. The van der Waals surface area contributed by atoms with E-state index in [0.29, 0.717) is 13.0 Å². The minimum Gasteiger partial charge on any atom is -0.492 e. The molecule has 0 saturated carbocycles. The fraction of sp³-hybridized carbons (Fsp3) is 0.250. The van der Waals surface area contributed by atoms with Gasteiger partial charge in [-0.3, -0.25) is 0 Å². The molecule has 0 aliphatic rings. The molecule has 0 aliphatic carbocycles. The maximum Gasteiger partial charge on any atom is 0.339 e. The maximum absolute atomic E-state index is 12.9. The van der Waals surface area contributed by atoms with Crippen LogP contribution in [0, 0.1) is 5.82 Å². The molecule has 0 radical (unpaired) electrons. The summed E-state index contributed by atoms with van der Waals surface area (Å²) in [6.07, 6.45) is 0.607. The van der Waals surface area contributed by atoms with Crippen molar-refractivity contribution in [2.24, 2.45) is 0 Å². The number of hydrogen-bond donors (Lipinski definition) is 1. The third kappa shape index (κ3) is 3.38. The molecule has 1 rings (SSSR count). The Labute approximate surface area is 93.2 Å². The second-order valence-electron chi connectivity index (χ2n) is 3.50. The Bertz CT molecular complexity index is 413. The summed E-state index contributed by atoms with van der Waals surface area (Å²) in [5, 5.41) is 8.85. The van der Waals surface area contributed by atoms with Crippen LogP contribution in [0.1, 0.15) is 23.7 Å². The normalized spacial score (nSPS) is 9.88. The smallest absolute Gasteiger partial charge is 0.339 e. The van der Waals surface area contributed by atoms with Crippen molar-refractivity contribution in [3.05, 3.63) is 41.7 Å². The van der Waals surface area contributed by atoms with E-state index in [1.807, 2.05) is 6.92 Å². The standard InChI is InChI=1S/C12H13FO3/c1-8(2)5-6-16-11-7-9(13)3-4-10(11)12(14)15/h3-4,7H,1,5-6H2,2H3,(H,14,15). The van der Waals surface area contributed by atoms with Gasteiger partial charge >= 0.3 is 5.97 Å². The van der Waals surface area contributed by atoms with E-state index < -0.39 is 11.8 Å². The number of benzene rings is 1. The Kier molecular flexibility index (Phi) is 4.05. The van der Waals surface area contributed by atoms with Gasteiger partial charge in [0.1, 0.15) is 17.1 Å². The number of hydrogen-bond acceptors (Lipinski definition) is 2. The SMILES string of the molecule is C=C(C)CCOc1cc(F)ccc1C(=O)O.